The first-order chi connectivity index (χ1) is 13.1. The van der Waals surface area contributed by atoms with E-state index in [9.17, 15) is 9.70 Å². The third-order valence-electron chi connectivity index (χ3n) is 5.16. The Morgan fingerprint density at radius 2 is 1.89 bits per heavy atom. The van der Waals surface area contributed by atoms with Gasteiger partial charge in [-0.15, -0.1) is 4.91 Å². The largest absolute Gasteiger partial charge is 0.384 e. The molecule has 1 unspecified atom stereocenters. The SMILES string of the molecule is O=Nc1cccc(Cl)c1N1CCN(C(=O)C2CNc3cc(Cl)ccc32)CC1. The number of nitrogens with zero attached hydrogens (tertiary/aromatic N) is 3. The zero-order valence-corrected chi connectivity index (χ0v) is 16.0. The summed E-state index contributed by atoms with van der Waals surface area (Å²) in [6.07, 6.45) is 0. The van der Waals surface area contributed by atoms with Crippen molar-refractivity contribution in [2.75, 3.05) is 42.9 Å². The highest BCUT2D eigenvalue weighted by Gasteiger charge is 2.33. The molecular formula is C19H18Cl2N4O2. The summed E-state index contributed by atoms with van der Waals surface area (Å²) in [7, 11) is 0. The van der Waals surface area contributed by atoms with Gasteiger partial charge in [0.2, 0.25) is 5.91 Å². The number of hydrogen-bond donors (Lipinski definition) is 1. The monoisotopic (exact) mass is 404 g/mol. The second kappa shape index (κ2) is 7.37. The standard InChI is InChI=1S/C19H18Cl2N4O2/c20-12-4-5-13-14(11-22-17(13)10-12)19(26)25-8-6-24(7-9-25)18-15(21)2-1-3-16(18)23-27/h1-5,10,14,22H,6-9,11H2. The van der Waals surface area contributed by atoms with Gasteiger partial charge in [-0.05, 0) is 35.0 Å². The van der Waals surface area contributed by atoms with Gasteiger partial charge in [0.1, 0.15) is 5.69 Å². The maximum atomic E-state index is 13.0. The molecule has 1 N–H and O–H groups in total. The smallest absolute Gasteiger partial charge is 0.232 e. The molecule has 2 heterocycles. The van der Waals surface area contributed by atoms with E-state index in [0.717, 1.165) is 11.3 Å². The van der Waals surface area contributed by atoms with Crippen molar-refractivity contribution >= 4 is 46.2 Å². The van der Waals surface area contributed by atoms with Crippen molar-refractivity contribution in [2.24, 2.45) is 5.18 Å². The number of hydrogen-bond acceptors (Lipinski definition) is 5. The molecule has 0 spiro atoms. The van der Waals surface area contributed by atoms with Crippen LogP contribution >= 0.6 is 23.2 Å². The second-order valence-electron chi connectivity index (χ2n) is 6.68. The molecule has 2 aromatic carbocycles. The molecule has 4 rings (SSSR count). The topological polar surface area (TPSA) is 65.0 Å². The van der Waals surface area contributed by atoms with E-state index in [1.54, 1.807) is 18.2 Å². The number of nitrogens with one attached hydrogen (secondary N) is 1. The van der Waals surface area contributed by atoms with Gasteiger partial charge in [-0.2, -0.15) is 0 Å². The predicted molar refractivity (Wildman–Crippen MR) is 108 cm³/mol. The number of carbonyl (C=O) groups excluding carboxylic acids is 1. The van der Waals surface area contributed by atoms with Crippen LogP contribution in [0.25, 0.3) is 0 Å². The zero-order valence-electron chi connectivity index (χ0n) is 14.5. The van der Waals surface area contributed by atoms with Crippen LogP contribution in [0, 0.1) is 4.91 Å². The fourth-order valence-electron chi connectivity index (χ4n) is 3.79. The highest BCUT2D eigenvalue weighted by molar-refractivity contribution is 6.34. The number of halogens is 2. The van der Waals surface area contributed by atoms with Crippen molar-refractivity contribution in [3.63, 3.8) is 0 Å². The lowest BCUT2D eigenvalue weighted by molar-refractivity contribution is -0.132. The van der Waals surface area contributed by atoms with Gasteiger partial charge in [0, 0.05) is 43.4 Å². The average Bonchev–Trinajstić information content (AvgIpc) is 3.10. The molecule has 6 nitrogen and oxygen atoms in total. The molecule has 0 bridgehead atoms. The van der Waals surface area contributed by atoms with Gasteiger partial charge >= 0.3 is 0 Å². The van der Waals surface area contributed by atoms with E-state index in [-0.39, 0.29) is 11.8 Å². The maximum Gasteiger partial charge on any atom is 0.232 e. The van der Waals surface area contributed by atoms with Crippen LogP contribution in [0.2, 0.25) is 10.0 Å². The van der Waals surface area contributed by atoms with Crippen molar-refractivity contribution in [3.05, 3.63) is 56.9 Å². The summed E-state index contributed by atoms with van der Waals surface area (Å²) in [6, 6.07) is 10.7. The van der Waals surface area contributed by atoms with Gasteiger partial charge in [0.25, 0.3) is 0 Å². The lowest BCUT2D eigenvalue weighted by Gasteiger charge is -2.37. The number of carbonyl (C=O) groups is 1. The molecule has 2 aromatic rings. The third-order valence-corrected chi connectivity index (χ3v) is 5.70. The summed E-state index contributed by atoms with van der Waals surface area (Å²) in [5.41, 5.74) is 2.89. The van der Waals surface area contributed by atoms with E-state index in [4.69, 9.17) is 23.2 Å². The van der Waals surface area contributed by atoms with E-state index in [0.29, 0.717) is 54.1 Å². The van der Waals surface area contributed by atoms with Crippen LogP contribution in [-0.2, 0) is 4.79 Å². The van der Waals surface area contributed by atoms with Crippen molar-refractivity contribution < 1.29 is 4.79 Å². The highest BCUT2D eigenvalue weighted by Crippen LogP contribution is 2.37. The van der Waals surface area contributed by atoms with Crippen molar-refractivity contribution in [1.82, 2.24) is 4.90 Å². The van der Waals surface area contributed by atoms with Crippen LogP contribution in [0.1, 0.15) is 11.5 Å². The third kappa shape index (κ3) is 3.35. The number of rotatable bonds is 3. The van der Waals surface area contributed by atoms with Gasteiger partial charge in [0.15, 0.2) is 0 Å². The molecule has 140 valence electrons. The van der Waals surface area contributed by atoms with Crippen LogP contribution in [0.5, 0.6) is 0 Å². The number of amides is 1. The first kappa shape index (κ1) is 18.1. The molecule has 27 heavy (non-hydrogen) atoms. The fourth-order valence-corrected chi connectivity index (χ4v) is 4.25. The summed E-state index contributed by atoms with van der Waals surface area (Å²) < 4.78 is 0. The summed E-state index contributed by atoms with van der Waals surface area (Å²) in [4.78, 5) is 28.0. The van der Waals surface area contributed by atoms with Crippen LogP contribution in [0.15, 0.2) is 41.6 Å². The van der Waals surface area contributed by atoms with Crippen LogP contribution in [0.3, 0.4) is 0 Å². The van der Waals surface area contributed by atoms with Crippen molar-refractivity contribution in [3.8, 4) is 0 Å². The molecule has 0 saturated carbocycles. The molecule has 2 aliphatic rings. The summed E-state index contributed by atoms with van der Waals surface area (Å²) in [5.74, 6) is -0.0903. The summed E-state index contributed by atoms with van der Waals surface area (Å²) in [5, 5.41) is 7.49. The zero-order chi connectivity index (χ0) is 19.0. The number of piperazine rings is 1. The minimum Gasteiger partial charge on any atom is -0.384 e. The van der Waals surface area contributed by atoms with E-state index in [1.807, 2.05) is 28.0 Å². The molecular weight excluding hydrogens is 387 g/mol. The predicted octanol–water partition coefficient (Wildman–Crippen LogP) is 4.25. The Morgan fingerprint density at radius 1 is 1.11 bits per heavy atom. The molecule has 1 atom stereocenters. The van der Waals surface area contributed by atoms with Crippen LogP contribution in [0.4, 0.5) is 17.1 Å². The molecule has 0 radical (unpaired) electrons. The second-order valence-corrected chi connectivity index (χ2v) is 7.52. The average molecular weight is 405 g/mol. The quantitative estimate of drug-likeness (QED) is 0.776. The molecule has 1 amide bonds. The molecule has 0 aromatic heterocycles. The Morgan fingerprint density at radius 3 is 2.63 bits per heavy atom. The minimum absolute atomic E-state index is 0.108. The number of para-hydroxylation sites is 1. The van der Waals surface area contributed by atoms with Crippen molar-refractivity contribution in [2.45, 2.75) is 5.92 Å². The first-order valence-corrected chi connectivity index (χ1v) is 9.53. The Bertz CT molecular complexity index is 897. The molecule has 2 aliphatic heterocycles. The number of fused-ring (bicyclic) bond motifs is 1. The molecule has 1 fully saturated rings. The van der Waals surface area contributed by atoms with E-state index in [2.05, 4.69) is 10.5 Å². The highest BCUT2D eigenvalue weighted by atomic mass is 35.5. The van der Waals surface area contributed by atoms with E-state index < -0.39 is 0 Å². The van der Waals surface area contributed by atoms with Gasteiger partial charge < -0.3 is 15.1 Å². The molecule has 0 aliphatic carbocycles. The summed E-state index contributed by atoms with van der Waals surface area (Å²) >= 11 is 12.3. The Balaban J connectivity index is 1.46. The van der Waals surface area contributed by atoms with Crippen LogP contribution < -0.4 is 10.2 Å². The van der Waals surface area contributed by atoms with E-state index >= 15 is 0 Å². The van der Waals surface area contributed by atoms with Gasteiger partial charge in [-0.1, -0.05) is 35.3 Å². The van der Waals surface area contributed by atoms with Crippen molar-refractivity contribution in [1.29, 1.82) is 0 Å². The Labute approximate surface area is 167 Å². The van der Waals surface area contributed by atoms with Crippen LogP contribution in [-0.4, -0.2) is 43.5 Å². The minimum atomic E-state index is -0.198. The first-order valence-electron chi connectivity index (χ1n) is 8.77. The maximum absolute atomic E-state index is 13.0. The number of anilines is 2. The fraction of sp³-hybridized carbons (Fsp3) is 0.316. The number of nitroso groups, excluding NO2 is 1. The Kier molecular flexibility index (Phi) is 4.93. The van der Waals surface area contributed by atoms with E-state index in [1.165, 1.54) is 0 Å². The van der Waals surface area contributed by atoms with Gasteiger partial charge in [0.05, 0.1) is 16.6 Å². The lowest BCUT2D eigenvalue weighted by Crippen LogP contribution is -2.50. The molecule has 8 heteroatoms. The van der Waals surface area contributed by atoms with Gasteiger partial charge in [-0.25, -0.2) is 0 Å². The lowest BCUT2D eigenvalue weighted by atomic mass is 9.99. The Hall–Kier alpha value is -2.31. The molecule has 1 saturated heterocycles. The normalized spacial score (nSPS) is 18.8. The van der Waals surface area contributed by atoms with Gasteiger partial charge in [-0.3, -0.25) is 4.79 Å². The number of benzene rings is 2. The summed E-state index contributed by atoms with van der Waals surface area (Å²) in [6.45, 7) is 2.93.